The predicted octanol–water partition coefficient (Wildman–Crippen LogP) is 0.225. The zero-order valence-corrected chi connectivity index (χ0v) is 5.99. The topological polar surface area (TPSA) is 41.5 Å². The van der Waals surface area contributed by atoms with Gasteiger partial charge >= 0.3 is 0 Å². The minimum absolute atomic E-state index is 0.0781. The second kappa shape index (κ2) is 2.87. The fourth-order valence-corrected chi connectivity index (χ4v) is 1.03. The van der Waals surface area contributed by atoms with Crippen LogP contribution in [0.5, 0.6) is 0 Å². The summed E-state index contributed by atoms with van der Waals surface area (Å²) in [5, 5.41) is 3.38. The lowest BCUT2D eigenvalue weighted by atomic mass is 10.4. The van der Waals surface area contributed by atoms with Gasteiger partial charge in [-0.15, -0.1) is 0 Å². The van der Waals surface area contributed by atoms with Crippen LogP contribution in [0.3, 0.4) is 0 Å². The van der Waals surface area contributed by atoms with E-state index in [1.165, 1.54) is 11.8 Å². The summed E-state index contributed by atoms with van der Waals surface area (Å²) >= 11 is 1.47. The Kier molecular flexibility index (Phi) is 2.10. The van der Waals surface area contributed by atoms with Gasteiger partial charge in [0.2, 0.25) is 5.91 Å². The molecule has 0 atom stereocenters. The lowest BCUT2D eigenvalue weighted by molar-refractivity contribution is -0.119. The van der Waals surface area contributed by atoms with Crippen LogP contribution in [0.2, 0.25) is 0 Å². The summed E-state index contributed by atoms with van der Waals surface area (Å²) in [7, 11) is 0. The molecule has 4 heteroatoms. The molecule has 1 N–H and O–H groups in total. The normalized spacial score (nSPS) is 18.8. The first-order chi connectivity index (χ1) is 4.33. The molecule has 0 aromatic heterocycles. The summed E-state index contributed by atoms with van der Waals surface area (Å²) in [6, 6.07) is 0. The van der Waals surface area contributed by atoms with E-state index >= 15 is 0 Å². The van der Waals surface area contributed by atoms with Crippen molar-refractivity contribution in [3.63, 3.8) is 0 Å². The number of amides is 1. The molecule has 9 heavy (non-hydrogen) atoms. The zero-order valence-electron chi connectivity index (χ0n) is 5.18. The highest BCUT2D eigenvalue weighted by Gasteiger charge is 2.08. The van der Waals surface area contributed by atoms with Crippen molar-refractivity contribution in [1.82, 2.24) is 5.32 Å². The molecule has 50 valence electrons. The smallest absolute Gasteiger partial charge is 0.227 e. The Morgan fingerprint density at radius 1 is 1.78 bits per heavy atom. The molecule has 0 bridgehead atoms. The van der Waals surface area contributed by atoms with Crippen molar-refractivity contribution in [3.05, 3.63) is 0 Å². The third kappa shape index (κ3) is 1.71. The fourth-order valence-electron chi connectivity index (χ4n) is 0.596. The molecule has 1 amide bonds. The Morgan fingerprint density at radius 2 is 2.56 bits per heavy atom. The van der Waals surface area contributed by atoms with E-state index in [0.717, 1.165) is 5.17 Å². The van der Waals surface area contributed by atoms with Crippen LogP contribution in [0.4, 0.5) is 0 Å². The van der Waals surface area contributed by atoms with Crippen LogP contribution in [-0.4, -0.2) is 23.9 Å². The Balaban J connectivity index is 2.53. The van der Waals surface area contributed by atoms with E-state index in [1.807, 2.05) is 6.26 Å². The number of hydrogen-bond donors (Lipinski definition) is 1. The van der Waals surface area contributed by atoms with Crippen molar-refractivity contribution in [3.8, 4) is 0 Å². The second-order valence-electron chi connectivity index (χ2n) is 1.69. The summed E-state index contributed by atoms with van der Waals surface area (Å²) in [5.41, 5.74) is 0. The number of amidine groups is 1. The molecular weight excluding hydrogens is 136 g/mol. The molecule has 0 saturated carbocycles. The molecule has 0 aromatic rings. The van der Waals surface area contributed by atoms with Crippen molar-refractivity contribution >= 4 is 22.8 Å². The molecule has 1 rings (SSSR count). The minimum atomic E-state index is 0.0781. The number of carbonyl (C=O) groups excluding carboxylic acids is 1. The first-order valence-electron chi connectivity index (χ1n) is 2.71. The Hall–Kier alpha value is -0.510. The van der Waals surface area contributed by atoms with Crippen molar-refractivity contribution in [2.45, 2.75) is 6.42 Å². The number of rotatable bonds is 0. The van der Waals surface area contributed by atoms with Gasteiger partial charge in [0.05, 0.1) is 6.54 Å². The molecule has 0 fully saturated rings. The highest BCUT2D eigenvalue weighted by molar-refractivity contribution is 8.13. The van der Waals surface area contributed by atoms with Gasteiger partial charge in [-0.2, -0.15) is 0 Å². The standard InChI is InChI=1S/C5H8N2OS/c1-9-5-6-3-2-4(8)7-5/h2-3H2,1H3,(H,6,7,8). The zero-order chi connectivity index (χ0) is 6.69. The molecule has 0 spiro atoms. The lowest BCUT2D eigenvalue weighted by Crippen LogP contribution is -2.32. The van der Waals surface area contributed by atoms with Gasteiger partial charge < -0.3 is 5.32 Å². The molecule has 1 heterocycles. The van der Waals surface area contributed by atoms with Gasteiger partial charge in [-0.05, 0) is 6.26 Å². The number of nitrogens with one attached hydrogen (secondary N) is 1. The molecule has 1 aliphatic rings. The second-order valence-corrected chi connectivity index (χ2v) is 2.48. The van der Waals surface area contributed by atoms with E-state index in [9.17, 15) is 4.79 Å². The maximum Gasteiger partial charge on any atom is 0.227 e. The molecule has 0 aliphatic carbocycles. The molecular formula is C5H8N2OS. The summed E-state index contributed by atoms with van der Waals surface area (Å²) in [5.74, 6) is 0.0781. The maximum atomic E-state index is 10.6. The van der Waals surface area contributed by atoms with Gasteiger partial charge in [-0.25, -0.2) is 0 Å². The van der Waals surface area contributed by atoms with E-state index in [2.05, 4.69) is 10.3 Å². The van der Waals surface area contributed by atoms with Crippen LogP contribution in [-0.2, 0) is 4.79 Å². The Bertz CT molecular complexity index is 155. The fraction of sp³-hybridized carbons (Fsp3) is 0.600. The van der Waals surface area contributed by atoms with E-state index in [1.54, 1.807) is 0 Å². The average Bonchev–Trinajstić information content (AvgIpc) is 1.88. The molecule has 1 aliphatic heterocycles. The quantitative estimate of drug-likeness (QED) is 0.528. The molecule has 0 unspecified atom stereocenters. The van der Waals surface area contributed by atoms with Crippen LogP contribution < -0.4 is 5.32 Å². The monoisotopic (exact) mass is 144 g/mol. The first-order valence-corrected chi connectivity index (χ1v) is 3.93. The largest absolute Gasteiger partial charge is 0.305 e. The van der Waals surface area contributed by atoms with Gasteiger partial charge in [0.25, 0.3) is 0 Å². The SMILES string of the molecule is CSC1=NCCC(=O)N1. The van der Waals surface area contributed by atoms with Crippen molar-refractivity contribution in [2.75, 3.05) is 12.8 Å². The minimum Gasteiger partial charge on any atom is -0.305 e. The van der Waals surface area contributed by atoms with E-state index < -0.39 is 0 Å². The van der Waals surface area contributed by atoms with Gasteiger partial charge in [0, 0.05) is 6.42 Å². The van der Waals surface area contributed by atoms with Crippen LogP contribution in [0, 0.1) is 0 Å². The Labute approximate surface area is 57.9 Å². The van der Waals surface area contributed by atoms with Gasteiger partial charge in [-0.3, -0.25) is 9.79 Å². The third-order valence-electron chi connectivity index (χ3n) is 1.03. The molecule has 3 nitrogen and oxygen atoms in total. The first kappa shape index (κ1) is 6.61. The van der Waals surface area contributed by atoms with Crippen LogP contribution >= 0.6 is 11.8 Å². The van der Waals surface area contributed by atoms with Crippen molar-refractivity contribution in [1.29, 1.82) is 0 Å². The predicted molar refractivity (Wildman–Crippen MR) is 38.6 cm³/mol. The summed E-state index contributed by atoms with van der Waals surface area (Å²) in [6.07, 6.45) is 2.43. The van der Waals surface area contributed by atoms with Crippen LogP contribution in [0.25, 0.3) is 0 Å². The van der Waals surface area contributed by atoms with E-state index in [4.69, 9.17) is 0 Å². The van der Waals surface area contributed by atoms with E-state index in [0.29, 0.717) is 13.0 Å². The van der Waals surface area contributed by atoms with Gasteiger partial charge in [0.1, 0.15) is 0 Å². The summed E-state index contributed by atoms with van der Waals surface area (Å²) < 4.78 is 0. The number of carbonyl (C=O) groups is 1. The highest BCUT2D eigenvalue weighted by Crippen LogP contribution is 2.00. The van der Waals surface area contributed by atoms with Gasteiger partial charge in [-0.1, -0.05) is 11.8 Å². The van der Waals surface area contributed by atoms with Gasteiger partial charge in [0.15, 0.2) is 5.17 Å². The number of nitrogens with zero attached hydrogens (tertiary/aromatic N) is 1. The molecule has 0 aromatic carbocycles. The number of hydrogen-bond acceptors (Lipinski definition) is 3. The third-order valence-corrected chi connectivity index (χ3v) is 1.65. The lowest BCUT2D eigenvalue weighted by Gasteiger charge is -2.09. The van der Waals surface area contributed by atoms with Crippen molar-refractivity contribution in [2.24, 2.45) is 4.99 Å². The van der Waals surface area contributed by atoms with Crippen LogP contribution in [0.1, 0.15) is 6.42 Å². The van der Waals surface area contributed by atoms with Crippen molar-refractivity contribution < 1.29 is 4.79 Å². The number of thioether (sulfide) groups is 1. The summed E-state index contributed by atoms with van der Waals surface area (Å²) in [6.45, 7) is 0.641. The van der Waals surface area contributed by atoms with E-state index in [-0.39, 0.29) is 5.91 Å². The average molecular weight is 144 g/mol. The Morgan fingerprint density at radius 3 is 3.00 bits per heavy atom. The highest BCUT2D eigenvalue weighted by atomic mass is 32.2. The molecule has 0 radical (unpaired) electrons. The number of aliphatic imine (C=N–C) groups is 1. The summed E-state index contributed by atoms with van der Waals surface area (Å²) in [4.78, 5) is 14.7. The maximum absolute atomic E-state index is 10.6. The van der Waals surface area contributed by atoms with Crippen LogP contribution in [0.15, 0.2) is 4.99 Å². The molecule has 0 saturated heterocycles.